The highest BCUT2D eigenvalue weighted by atomic mass is 35.5. The van der Waals surface area contributed by atoms with E-state index in [4.69, 9.17) is 16.3 Å². The number of hydrogen-bond donors (Lipinski definition) is 0. The smallest absolute Gasteiger partial charge is 0.331 e. The van der Waals surface area contributed by atoms with Crippen molar-refractivity contribution >= 4 is 28.9 Å². The summed E-state index contributed by atoms with van der Waals surface area (Å²) in [6.45, 7) is 7.57. The van der Waals surface area contributed by atoms with Crippen molar-refractivity contribution in [2.45, 2.75) is 40.2 Å². The third-order valence-electron chi connectivity index (χ3n) is 3.40. The minimum absolute atomic E-state index is 0.0899. The molecule has 1 aromatic heterocycles. The molecule has 0 N–H and O–H groups in total. The number of esters is 1. The molecule has 22 heavy (non-hydrogen) atoms. The number of carbonyl (C=O) groups excluding carboxylic acids is 1. The lowest BCUT2D eigenvalue weighted by Gasteiger charge is -2.15. The van der Waals surface area contributed by atoms with Crippen LogP contribution in [-0.2, 0) is 11.3 Å². The molecule has 0 unspecified atom stereocenters. The number of nitrogens with zero attached hydrogens (tertiary/aromatic N) is 1. The molecule has 1 aromatic carbocycles. The van der Waals surface area contributed by atoms with Gasteiger partial charge in [0.15, 0.2) is 0 Å². The Kier molecular flexibility index (Phi) is 5.08. The van der Waals surface area contributed by atoms with Crippen molar-refractivity contribution in [2.24, 2.45) is 0 Å². The minimum Gasteiger partial charge on any atom is -0.425 e. The summed E-state index contributed by atoms with van der Waals surface area (Å²) >= 11 is 7.21. The maximum atomic E-state index is 12.1. The summed E-state index contributed by atoms with van der Waals surface area (Å²) in [5.41, 5.74) is 2.47. The summed E-state index contributed by atoms with van der Waals surface area (Å²) < 4.78 is 6.88. The Balaban J connectivity index is 2.25. The maximum Gasteiger partial charge on any atom is 0.331 e. The van der Waals surface area contributed by atoms with Crippen LogP contribution in [0.2, 0.25) is 5.02 Å². The molecule has 4 nitrogen and oxygen atoms in total. The van der Waals surface area contributed by atoms with Crippen molar-refractivity contribution in [1.29, 1.82) is 0 Å². The number of hydrogen-bond acceptors (Lipinski definition) is 4. The molecule has 0 saturated heterocycles. The van der Waals surface area contributed by atoms with Gasteiger partial charge in [-0.1, -0.05) is 36.8 Å². The molecule has 6 heteroatoms. The Hall–Kier alpha value is -1.59. The Bertz CT molecular complexity index is 761. The van der Waals surface area contributed by atoms with Crippen molar-refractivity contribution in [1.82, 2.24) is 4.57 Å². The number of benzene rings is 1. The molecular formula is C16H18ClNO3S. The molecule has 2 aromatic rings. The number of carbonyl (C=O) groups is 1. The Labute approximate surface area is 138 Å². The summed E-state index contributed by atoms with van der Waals surface area (Å²) in [5.74, 6) is 0.210. The van der Waals surface area contributed by atoms with Gasteiger partial charge in [-0.3, -0.25) is 9.36 Å². The largest absolute Gasteiger partial charge is 0.425 e. The van der Waals surface area contributed by atoms with Crippen LogP contribution in [0.5, 0.6) is 5.75 Å². The minimum atomic E-state index is -0.466. The predicted octanol–water partition coefficient (Wildman–Crippen LogP) is 3.91. The topological polar surface area (TPSA) is 48.3 Å². The lowest BCUT2D eigenvalue weighted by atomic mass is 10.0. The number of aromatic nitrogens is 1. The number of aryl methyl sites for hydroxylation is 2. The number of halogens is 1. The second-order valence-corrected chi connectivity index (χ2v) is 6.72. The van der Waals surface area contributed by atoms with Gasteiger partial charge in [-0.05, 0) is 43.0 Å². The van der Waals surface area contributed by atoms with Gasteiger partial charge in [0.25, 0.3) is 0 Å². The highest BCUT2D eigenvalue weighted by Gasteiger charge is 2.16. The van der Waals surface area contributed by atoms with Crippen LogP contribution in [0.4, 0.5) is 0 Å². The number of rotatable bonds is 4. The molecule has 1 heterocycles. The van der Waals surface area contributed by atoms with Crippen LogP contribution in [0.1, 0.15) is 36.6 Å². The predicted molar refractivity (Wildman–Crippen MR) is 89.2 cm³/mol. The summed E-state index contributed by atoms with van der Waals surface area (Å²) in [4.78, 5) is 23.6. The van der Waals surface area contributed by atoms with Crippen molar-refractivity contribution in [3.05, 3.63) is 49.0 Å². The molecule has 0 amide bonds. The van der Waals surface area contributed by atoms with E-state index in [2.05, 4.69) is 0 Å². The van der Waals surface area contributed by atoms with Crippen LogP contribution >= 0.6 is 22.9 Å². The molecule has 0 fully saturated rings. The summed E-state index contributed by atoms with van der Waals surface area (Å²) in [6, 6.07) is 3.59. The number of thiazole rings is 1. The fraction of sp³-hybridized carbons (Fsp3) is 0.375. The molecule has 0 aliphatic heterocycles. The Morgan fingerprint density at radius 1 is 1.36 bits per heavy atom. The van der Waals surface area contributed by atoms with E-state index in [1.54, 1.807) is 18.4 Å². The van der Waals surface area contributed by atoms with Crippen molar-refractivity contribution in [2.75, 3.05) is 0 Å². The van der Waals surface area contributed by atoms with Gasteiger partial charge >= 0.3 is 10.8 Å². The van der Waals surface area contributed by atoms with E-state index < -0.39 is 5.97 Å². The fourth-order valence-corrected chi connectivity index (χ4v) is 3.00. The summed E-state index contributed by atoms with van der Waals surface area (Å²) in [6.07, 6.45) is 0. The van der Waals surface area contributed by atoms with Crippen molar-refractivity contribution in [3.8, 4) is 5.75 Å². The maximum absolute atomic E-state index is 12.1. The van der Waals surface area contributed by atoms with E-state index in [-0.39, 0.29) is 17.3 Å². The van der Waals surface area contributed by atoms with Crippen LogP contribution in [0.3, 0.4) is 0 Å². The van der Waals surface area contributed by atoms with E-state index in [0.29, 0.717) is 10.8 Å². The van der Waals surface area contributed by atoms with Gasteiger partial charge in [0.1, 0.15) is 12.3 Å². The van der Waals surface area contributed by atoms with E-state index in [1.165, 1.54) is 4.57 Å². The zero-order valence-electron chi connectivity index (χ0n) is 13.0. The first-order valence-corrected chi connectivity index (χ1v) is 8.21. The monoisotopic (exact) mass is 339 g/mol. The lowest BCUT2D eigenvalue weighted by molar-refractivity contribution is -0.135. The lowest BCUT2D eigenvalue weighted by Crippen LogP contribution is -2.24. The normalized spacial score (nSPS) is 11.0. The molecule has 0 aliphatic carbocycles. The van der Waals surface area contributed by atoms with Gasteiger partial charge < -0.3 is 4.74 Å². The van der Waals surface area contributed by atoms with Crippen LogP contribution in [-0.4, -0.2) is 10.5 Å². The molecule has 0 saturated carbocycles. The standard InChI is InChI=1S/C16H18ClNO3S/c1-9(2)12-6-13(17)10(3)5-14(12)21-15(19)7-18-11(4)8-22-16(18)20/h5-6,8-9H,7H2,1-4H3. The molecule has 0 aliphatic rings. The Morgan fingerprint density at radius 2 is 2.05 bits per heavy atom. The van der Waals surface area contributed by atoms with E-state index in [0.717, 1.165) is 28.2 Å². The highest BCUT2D eigenvalue weighted by Crippen LogP contribution is 2.32. The third-order valence-corrected chi connectivity index (χ3v) is 4.69. The fourth-order valence-electron chi connectivity index (χ4n) is 2.09. The van der Waals surface area contributed by atoms with E-state index >= 15 is 0 Å². The third kappa shape index (κ3) is 3.59. The second kappa shape index (κ2) is 6.67. The Morgan fingerprint density at radius 3 is 2.59 bits per heavy atom. The van der Waals surface area contributed by atoms with Crippen molar-refractivity contribution < 1.29 is 9.53 Å². The first-order valence-electron chi connectivity index (χ1n) is 6.95. The van der Waals surface area contributed by atoms with Crippen LogP contribution in [0, 0.1) is 13.8 Å². The second-order valence-electron chi connectivity index (χ2n) is 5.50. The van der Waals surface area contributed by atoms with Crippen LogP contribution in [0.25, 0.3) is 0 Å². The van der Waals surface area contributed by atoms with Crippen LogP contribution in [0.15, 0.2) is 22.3 Å². The van der Waals surface area contributed by atoms with Gasteiger partial charge in [0, 0.05) is 16.1 Å². The molecule has 0 bridgehead atoms. The molecule has 118 valence electrons. The van der Waals surface area contributed by atoms with E-state index in [1.807, 2.05) is 26.8 Å². The van der Waals surface area contributed by atoms with Crippen molar-refractivity contribution in [3.63, 3.8) is 0 Å². The molecule has 0 spiro atoms. The SMILES string of the molecule is Cc1cc(OC(=O)Cn2c(C)csc2=O)c(C(C)C)cc1Cl. The van der Waals surface area contributed by atoms with Crippen LogP contribution < -0.4 is 9.61 Å². The molecule has 2 rings (SSSR count). The van der Waals surface area contributed by atoms with E-state index in [9.17, 15) is 9.59 Å². The quantitative estimate of drug-likeness (QED) is 0.626. The van der Waals surface area contributed by atoms with Gasteiger partial charge in [-0.2, -0.15) is 0 Å². The average Bonchev–Trinajstić information content (AvgIpc) is 2.74. The van der Waals surface area contributed by atoms with Gasteiger partial charge in [-0.15, -0.1) is 0 Å². The highest BCUT2D eigenvalue weighted by molar-refractivity contribution is 7.07. The summed E-state index contributed by atoms with van der Waals surface area (Å²) in [7, 11) is 0. The van der Waals surface area contributed by atoms with Gasteiger partial charge in [0.2, 0.25) is 0 Å². The van der Waals surface area contributed by atoms with Gasteiger partial charge in [-0.25, -0.2) is 4.79 Å². The first-order chi connectivity index (χ1) is 10.3. The molecule has 0 radical (unpaired) electrons. The number of ether oxygens (including phenoxy) is 1. The first kappa shape index (κ1) is 16.8. The molecular weight excluding hydrogens is 322 g/mol. The zero-order valence-corrected chi connectivity index (χ0v) is 14.5. The molecule has 0 atom stereocenters. The summed E-state index contributed by atoms with van der Waals surface area (Å²) in [5, 5.41) is 2.37. The van der Waals surface area contributed by atoms with Gasteiger partial charge in [0.05, 0.1) is 0 Å². The average molecular weight is 340 g/mol. The zero-order chi connectivity index (χ0) is 16.4.